The van der Waals surface area contributed by atoms with Gasteiger partial charge in [0.05, 0.1) is 12.0 Å². The molecule has 0 unspecified atom stereocenters. The molecule has 0 aliphatic heterocycles. The normalized spacial score (nSPS) is 20.7. The van der Waals surface area contributed by atoms with E-state index in [0.29, 0.717) is 11.2 Å². The molecule has 1 aliphatic rings. The Morgan fingerprint density at radius 1 is 1.29 bits per heavy atom. The van der Waals surface area contributed by atoms with E-state index in [0.717, 1.165) is 24.0 Å². The largest absolute Gasteiger partial charge is 0.473 e. The Kier molecular flexibility index (Phi) is 5.87. The van der Waals surface area contributed by atoms with Crippen molar-refractivity contribution in [3.05, 3.63) is 36.0 Å². The first-order chi connectivity index (χ1) is 11.7. The molecule has 1 aromatic carbocycles. The lowest BCUT2D eigenvalue weighted by Crippen LogP contribution is -2.32. The molecule has 130 valence electrons. The Morgan fingerprint density at radius 3 is 2.75 bits per heavy atom. The first kappa shape index (κ1) is 17.4. The quantitative estimate of drug-likeness (QED) is 0.829. The van der Waals surface area contributed by atoms with Gasteiger partial charge in [-0.1, -0.05) is 42.5 Å². The van der Waals surface area contributed by atoms with E-state index in [1.54, 1.807) is 18.4 Å². The predicted octanol–water partition coefficient (Wildman–Crippen LogP) is 3.78. The smallest absolute Gasteiger partial charge is 0.273 e. The van der Waals surface area contributed by atoms with Gasteiger partial charge >= 0.3 is 0 Å². The molecule has 0 amide bonds. The molecule has 24 heavy (non-hydrogen) atoms. The van der Waals surface area contributed by atoms with E-state index in [1.807, 2.05) is 6.20 Å². The van der Waals surface area contributed by atoms with Gasteiger partial charge in [0.1, 0.15) is 0 Å². The Morgan fingerprint density at radius 2 is 2.08 bits per heavy atom. The Labute approximate surface area is 148 Å². The summed E-state index contributed by atoms with van der Waals surface area (Å²) in [5, 5.41) is 4.43. The molecule has 1 aromatic heterocycles. The molecule has 2 atom stereocenters. The molecule has 3 rings (SSSR count). The minimum Gasteiger partial charge on any atom is -0.473 e. The fraction of sp³-hybridized carbons (Fsp3) is 0.526. The number of thiazole rings is 1. The summed E-state index contributed by atoms with van der Waals surface area (Å²) in [5.74, 6) is 0. The number of hydrogen-bond acceptors (Lipinski definition) is 5. The molecule has 2 aromatic rings. The molecule has 0 spiro atoms. The standard InChI is InChI=1S/C19H27N3OS/c1-4-22(2)17-10-9-16(11-17)20-12-14-5-7-15(8-6-14)18-13-21-19(23-3)24-18/h5-8,13,16-17,20H,4,9-12H2,1-3H3/t16-,17+/m0/s1. The van der Waals surface area contributed by atoms with Crippen molar-refractivity contribution < 1.29 is 4.74 Å². The van der Waals surface area contributed by atoms with Crippen molar-refractivity contribution in [2.45, 2.75) is 44.8 Å². The third-order valence-corrected chi connectivity index (χ3v) is 6.03. The van der Waals surface area contributed by atoms with Crippen molar-refractivity contribution in [1.82, 2.24) is 15.2 Å². The van der Waals surface area contributed by atoms with Crippen LogP contribution in [0.4, 0.5) is 0 Å². The lowest BCUT2D eigenvalue weighted by molar-refractivity contribution is 0.254. The van der Waals surface area contributed by atoms with Gasteiger partial charge < -0.3 is 15.0 Å². The van der Waals surface area contributed by atoms with Crippen LogP contribution in [-0.2, 0) is 6.54 Å². The summed E-state index contributed by atoms with van der Waals surface area (Å²) in [6.45, 7) is 4.32. The van der Waals surface area contributed by atoms with Crippen LogP contribution in [0.3, 0.4) is 0 Å². The Bertz CT molecular complexity index is 640. The molecular formula is C19H27N3OS. The maximum Gasteiger partial charge on any atom is 0.273 e. The lowest BCUT2D eigenvalue weighted by atomic mass is 10.1. The first-order valence-electron chi connectivity index (χ1n) is 8.72. The van der Waals surface area contributed by atoms with E-state index >= 15 is 0 Å². The van der Waals surface area contributed by atoms with Gasteiger partial charge in [0.25, 0.3) is 5.19 Å². The average Bonchev–Trinajstić information content (AvgIpc) is 3.29. The fourth-order valence-corrected chi connectivity index (χ4v) is 4.07. The van der Waals surface area contributed by atoms with E-state index in [4.69, 9.17) is 4.74 Å². The van der Waals surface area contributed by atoms with Gasteiger partial charge in [0.2, 0.25) is 0 Å². The zero-order valence-corrected chi connectivity index (χ0v) is 15.6. The van der Waals surface area contributed by atoms with Crippen LogP contribution in [0.5, 0.6) is 5.19 Å². The second-order valence-corrected chi connectivity index (χ2v) is 7.50. The van der Waals surface area contributed by atoms with Crippen molar-refractivity contribution in [3.63, 3.8) is 0 Å². The molecule has 4 nitrogen and oxygen atoms in total. The summed E-state index contributed by atoms with van der Waals surface area (Å²) in [6.07, 6.45) is 5.74. The van der Waals surface area contributed by atoms with Crippen molar-refractivity contribution in [2.24, 2.45) is 0 Å². The minimum absolute atomic E-state index is 0.648. The van der Waals surface area contributed by atoms with Gasteiger partial charge in [0.15, 0.2) is 0 Å². The number of nitrogens with one attached hydrogen (secondary N) is 1. The topological polar surface area (TPSA) is 37.4 Å². The summed E-state index contributed by atoms with van der Waals surface area (Å²) in [6, 6.07) is 10.2. The number of rotatable bonds is 7. The van der Waals surface area contributed by atoms with E-state index in [1.165, 1.54) is 30.4 Å². The van der Waals surface area contributed by atoms with Gasteiger partial charge in [-0.25, -0.2) is 4.98 Å². The molecule has 1 aliphatic carbocycles. The lowest BCUT2D eigenvalue weighted by Gasteiger charge is -2.22. The van der Waals surface area contributed by atoms with Crippen LogP contribution in [-0.4, -0.2) is 42.7 Å². The highest BCUT2D eigenvalue weighted by atomic mass is 32.1. The number of benzene rings is 1. The van der Waals surface area contributed by atoms with Crippen molar-refractivity contribution in [2.75, 3.05) is 20.7 Å². The van der Waals surface area contributed by atoms with Crippen LogP contribution in [0.25, 0.3) is 10.4 Å². The minimum atomic E-state index is 0.648. The summed E-state index contributed by atoms with van der Waals surface area (Å²) < 4.78 is 5.16. The summed E-state index contributed by atoms with van der Waals surface area (Å²) in [7, 11) is 3.89. The third-order valence-electron chi connectivity index (χ3n) is 5.02. The maximum absolute atomic E-state index is 5.16. The summed E-state index contributed by atoms with van der Waals surface area (Å²) >= 11 is 1.58. The molecule has 0 bridgehead atoms. The third kappa shape index (κ3) is 4.15. The molecule has 5 heteroatoms. The zero-order valence-electron chi connectivity index (χ0n) is 14.8. The molecule has 1 fully saturated rings. The van der Waals surface area contributed by atoms with Crippen LogP contribution in [0.1, 0.15) is 31.7 Å². The zero-order chi connectivity index (χ0) is 16.9. The Hall–Kier alpha value is -1.43. The highest BCUT2D eigenvalue weighted by Gasteiger charge is 2.26. The van der Waals surface area contributed by atoms with Crippen molar-refractivity contribution in [1.29, 1.82) is 0 Å². The highest BCUT2D eigenvalue weighted by molar-refractivity contribution is 7.16. The molecular weight excluding hydrogens is 318 g/mol. The van der Waals surface area contributed by atoms with Gasteiger partial charge in [-0.2, -0.15) is 0 Å². The summed E-state index contributed by atoms with van der Waals surface area (Å²) in [4.78, 5) is 7.85. The highest BCUT2D eigenvalue weighted by Crippen LogP contribution is 2.30. The van der Waals surface area contributed by atoms with E-state index < -0.39 is 0 Å². The molecule has 1 heterocycles. The Balaban J connectivity index is 1.52. The number of aromatic nitrogens is 1. The molecule has 1 N–H and O–H groups in total. The van der Waals surface area contributed by atoms with Crippen LogP contribution in [0.15, 0.2) is 30.5 Å². The number of ether oxygens (including phenoxy) is 1. The van der Waals surface area contributed by atoms with Gasteiger partial charge in [0, 0.05) is 24.8 Å². The monoisotopic (exact) mass is 345 g/mol. The van der Waals surface area contributed by atoms with Crippen LogP contribution < -0.4 is 10.1 Å². The molecule has 0 radical (unpaired) electrons. The number of methoxy groups -OCH3 is 1. The SMILES string of the molecule is CCN(C)[C@@H]1CC[C@H](NCc2ccc(-c3cnc(OC)s3)cc2)C1. The van der Waals surface area contributed by atoms with Crippen molar-refractivity contribution in [3.8, 4) is 15.6 Å². The van der Waals surface area contributed by atoms with Crippen LogP contribution >= 0.6 is 11.3 Å². The fourth-order valence-electron chi connectivity index (χ4n) is 3.34. The van der Waals surface area contributed by atoms with E-state index in [-0.39, 0.29) is 0 Å². The van der Waals surface area contributed by atoms with Gasteiger partial charge in [-0.15, -0.1) is 0 Å². The maximum atomic E-state index is 5.16. The van der Waals surface area contributed by atoms with Crippen LogP contribution in [0.2, 0.25) is 0 Å². The van der Waals surface area contributed by atoms with E-state index in [2.05, 4.69) is 53.4 Å². The van der Waals surface area contributed by atoms with Crippen molar-refractivity contribution >= 4 is 11.3 Å². The predicted molar refractivity (Wildman–Crippen MR) is 101 cm³/mol. The summed E-state index contributed by atoms with van der Waals surface area (Å²) in [5.41, 5.74) is 2.53. The second kappa shape index (κ2) is 8.10. The van der Waals surface area contributed by atoms with Crippen LogP contribution in [0, 0.1) is 0 Å². The van der Waals surface area contributed by atoms with Gasteiger partial charge in [-0.05, 0) is 44.0 Å². The van der Waals surface area contributed by atoms with E-state index in [9.17, 15) is 0 Å². The first-order valence-corrected chi connectivity index (χ1v) is 9.54. The van der Waals surface area contributed by atoms with Gasteiger partial charge in [-0.3, -0.25) is 0 Å². The number of nitrogens with zero attached hydrogens (tertiary/aromatic N) is 2. The molecule has 0 saturated heterocycles. The second-order valence-electron chi connectivity index (χ2n) is 6.51. The average molecular weight is 346 g/mol. The number of hydrogen-bond donors (Lipinski definition) is 1. The molecule has 1 saturated carbocycles.